The monoisotopic (exact) mass is 286 g/mol. The molecule has 1 rings (SSSR count). The largest absolute Gasteiger partial charge is 0.506 e. The third-order valence-electron chi connectivity index (χ3n) is 2.87. The SMILES string of the molecule is CCCCCCCCOS(=O)(=O)c1ccccc1O. The predicted molar refractivity (Wildman–Crippen MR) is 74.6 cm³/mol. The molecule has 0 aromatic heterocycles. The summed E-state index contributed by atoms with van der Waals surface area (Å²) in [4.78, 5) is -0.166. The van der Waals surface area contributed by atoms with Crippen molar-refractivity contribution in [2.45, 2.75) is 50.3 Å². The molecule has 0 saturated carbocycles. The van der Waals surface area contributed by atoms with Crippen LogP contribution in [0.25, 0.3) is 0 Å². The van der Waals surface area contributed by atoms with Crippen molar-refractivity contribution in [3.05, 3.63) is 24.3 Å². The minimum Gasteiger partial charge on any atom is -0.506 e. The van der Waals surface area contributed by atoms with E-state index in [0.29, 0.717) is 0 Å². The van der Waals surface area contributed by atoms with Gasteiger partial charge in [-0.05, 0) is 18.6 Å². The van der Waals surface area contributed by atoms with Crippen LogP contribution in [0.3, 0.4) is 0 Å². The number of phenolic OH excluding ortho intramolecular Hbond substituents is 1. The van der Waals surface area contributed by atoms with Crippen molar-refractivity contribution < 1.29 is 17.7 Å². The van der Waals surface area contributed by atoms with Gasteiger partial charge in [0.2, 0.25) is 0 Å². The summed E-state index contributed by atoms with van der Waals surface area (Å²) < 4.78 is 28.5. The molecule has 1 aromatic carbocycles. The molecule has 0 fully saturated rings. The molecule has 1 aromatic rings. The summed E-state index contributed by atoms with van der Waals surface area (Å²) in [5, 5.41) is 9.49. The molecular formula is C14H22O4S. The van der Waals surface area contributed by atoms with Crippen molar-refractivity contribution in [1.29, 1.82) is 0 Å². The van der Waals surface area contributed by atoms with Gasteiger partial charge in [-0.1, -0.05) is 51.2 Å². The van der Waals surface area contributed by atoms with Gasteiger partial charge in [0.05, 0.1) is 6.61 Å². The van der Waals surface area contributed by atoms with E-state index in [9.17, 15) is 13.5 Å². The molecule has 108 valence electrons. The average Bonchev–Trinajstić information content (AvgIpc) is 2.38. The number of hydrogen-bond acceptors (Lipinski definition) is 4. The fourth-order valence-corrected chi connectivity index (χ4v) is 2.82. The summed E-state index contributed by atoms with van der Waals surface area (Å²) in [6.45, 7) is 2.32. The van der Waals surface area contributed by atoms with Crippen LogP contribution >= 0.6 is 0 Å². The van der Waals surface area contributed by atoms with Crippen LogP contribution in [0.15, 0.2) is 29.2 Å². The van der Waals surface area contributed by atoms with E-state index in [-0.39, 0.29) is 17.3 Å². The highest BCUT2D eigenvalue weighted by atomic mass is 32.2. The minimum atomic E-state index is -3.84. The topological polar surface area (TPSA) is 63.6 Å². The van der Waals surface area contributed by atoms with Crippen molar-refractivity contribution in [2.24, 2.45) is 0 Å². The van der Waals surface area contributed by atoms with E-state index in [1.807, 2.05) is 0 Å². The van der Waals surface area contributed by atoms with Crippen molar-refractivity contribution in [3.8, 4) is 5.75 Å². The van der Waals surface area contributed by atoms with Crippen molar-refractivity contribution in [3.63, 3.8) is 0 Å². The van der Waals surface area contributed by atoms with Crippen molar-refractivity contribution in [1.82, 2.24) is 0 Å². The quantitative estimate of drug-likeness (QED) is 0.558. The van der Waals surface area contributed by atoms with E-state index in [1.165, 1.54) is 31.4 Å². The molecule has 0 bridgehead atoms. The molecule has 4 nitrogen and oxygen atoms in total. The Bertz CT molecular complexity index is 468. The van der Waals surface area contributed by atoms with Gasteiger partial charge in [-0.25, -0.2) is 0 Å². The number of phenols is 1. The molecule has 0 aliphatic heterocycles. The highest BCUT2D eigenvalue weighted by Crippen LogP contribution is 2.23. The van der Waals surface area contributed by atoms with E-state index in [1.54, 1.807) is 12.1 Å². The molecule has 0 spiro atoms. The lowest BCUT2D eigenvalue weighted by atomic mass is 10.1. The molecule has 0 radical (unpaired) electrons. The normalized spacial score (nSPS) is 11.6. The number of para-hydroxylation sites is 1. The summed E-state index contributed by atoms with van der Waals surface area (Å²) in [6, 6.07) is 5.80. The first-order valence-corrected chi connectivity index (χ1v) is 8.16. The highest BCUT2D eigenvalue weighted by Gasteiger charge is 2.18. The lowest BCUT2D eigenvalue weighted by Gasteiger charge is -2.07. The first-order chi connectivity index (χ1) is 9.08. The Balaban J connectivity index is 2.34. The average molecular weight is 286 g/mol. The van der Waals surface area contributed by atoms with Crippen molar-refractivity contribution >= 4 is 10.1 Å². The third kappa shape index (κ3) is 5.61. The maximum atomic E-state index is 11.8. The summed E-state index contributed by atoms with van der Waals surface area (Å²) >= 11 is 0. The molecule has 0 atom stereocenters. The Hall–Kier alpha value is -1.07. The van der Waals surface area contributed by atoms with Crippen LogP contribution < -0.4 is 0 Å². The molecule has 0 aliphatic rings. The van der Waals surface area contributed by atoms with Gasteiger partial charge in [-0.2, -0.15) is 8.42 Å². The van der Waals surface area contributed by atoms with E-state index in [2.05, 4.69) is 6.92 Å². The maximum absolute atomic E-state index is 11.8. The minimum absolute atomic E-state index is 0.166. The summed E-state index contributed by atoms with van der Waals surface area (Å²) in [7, 11) is -3.84. The number of aromatic hydroxyl groups is 1. The fraction of sp³-hybridized carbons (Fsp3) is 0.571. The molecule has 0 heterocycles. The van der Waals surface area contributed by atoms with Crippen LogP contribution in [0.4, 0.5) is 0 Å². The Morgan fingerprint density at radius 2 is 1.68 bits per heavy atom. The van der Waals surface area contributed by atoms with Gasteiger partial charge >= 0.3 is 10.1 Å². The highest BCUT2D eigenvalue weighted by molar-refractivity contribution is 7.86. The van der Waals surface area contributed by atoms with Gasteiger partial charge < -0.3 is 5.11 Å². The summed E-state index contributed by atoms with van der Waals surface area (Å²) in [5.74, 6) is -0.273. The van der Waals surface area contributed by atoms with E-state index >= 15 is 0 Å². The van der Waals surface area contributed by atoms with Gasteiger partial charge in [-0.15, -0.1) is 0 Å². The number of unbranched alkanes of at least 4 members (excludes halogenated alkanes) is 5. The van der Waals surface area contributed by atoms with Gasteiger partial charge in [0.1, 0.15) is 10.6 Å². The van der Waals surface area contributed by atoms with E-state index in [4.69, 9.17) is 4.18 Å². The molecule has 1 N–H and O–H groups in total. The zero-order valence-corrected chi connectivity index (χ0v) is 12.2. The first kappa shape index (κ1) is 16.0. The van der Waals surface area contributed by atoms with Crippen LogP contribution in [0.5, 0.6) is 5.75 Å². The second-order valence-corrected chi connectivity index (χ2v) is 6.10. The van der Waals surface area contributed by atoms with E-state index < -0.39 is 10.1 Å². The molecular weight excluding hydrogens is 264 g/mol. The molecule has 0 saturated heterocycles. The van der Waals surface area contributed by atoms with E-state index in [0.717, 1.165) is 19.3 Å². The standard InChI is InChI=1S/C14H22O4S/c1-2-3-4-5-6-9-12-18-19(16,17)14-11-8-7-10-13(14)15/h7-8,10-11,15H,2-6,9,12H2,1H3. The first-order valence-electron chi connectivity index (χ1n) is 6.75. The predicted octanol–water partition coefficient (Wildman–Crippen LogP) is 3.46. The Labute approximate surface area is 115 Å². The number of benzene rings is 1. The molecule has 19 heavy (non-hydrogen) atoms. The molecule has 0 amide bonds. The van der Waals surface area contributed by atoms with Gasteiger partial charge in [-0.3, -0.25) is 4.18 Å². The Kier molecular flexibility index (Phi) is 6.87. The van der Waals surface area contributed by atoms with Crippen LogP contribution in [-0.4, -0.2) is 20.1 Å². The lowest BCUT2D eigenvalue weighted by molar-refractivity contribution is 0.304. The summed E-state index contributed by atoms with van der Waals surface area (Å²) in [6.07, 6.45) is 6.39. The van der Waals surface area contributed by atoms with Crippen LogP contribution in [0.2, 0.25) is 0 Å². The zero-order valence-electron chi connectivity index (χ0n) is 11.3. The Morgan fingerprint density at radius 1 is 1.05 bits per heavy atom. The number of hydrogen-bond donors (Lipinski definition) is 1. The van der Waals surface area contributed by atoms with Crippen LogP contribution in [0, 0.1) is 0 Å². The second kappa shape index (κ2) is 8.17. The van der Waals surface area contributed by atoms with Gasteiger partial charge in [0.15, 0.2) is 0 Å². The van der Waals surface area contributed by atoms with Crippen LogP contribution in [-0.2, 0) is 14.3 Å². The molecule has 0 aliphatic carbocycles. The fourth-order valence-electron chi connectivity index (χ4n) is 1.78. The molecule has 0 unspecified atom stereocenters. The Morgan fingerprint density at radius 3 is 2.37 bits per heavy atom. The zero-order chi connectivity index (χ0) is 14.1. The van der Waals surface area contributed by atoms with Crippen molar-refractivity contribution in [2.75, 3.05) is 6.61 Å². The number of rotatable bonds is 9. The van der Waals surface area contributed by atoms with Crippen LogP contribution in [0.1, 0.15) is 45.4 Å². The van der Waals surface area contributed by atoms with Gasteiger partial charge in [0, 0.05) is 0 Å². The lowest BCUT2D eigenvalue weighted by Crippen LogP contribution is -2.07. The molecule has 5 heteroatoms. The third-order valence-corrected chi connectivity index (χ3v) is 4.23. The smallest absolute Gasteiger partial charge is 0.300 e. The maximum Gasteiger partial charge on any atom is 0.300 e. The summed E-state index contributed by atoms with van der Waals surface area (Å²) in [5.41, 5.74) is 0. The van der Waals surface area contributed by atoms with Gasteiger partial charge in [0.25, 0.3) is 0 Å². The second-order valence-electron chi connectivity index (χ2n) is 4.51.